The molecular weight excluding hydrogens is 261 g/mol. The summed E-state index contributed by atoms with van der Waals surface area (Å²) >= 11 is 0. The van der Waals surface area contributed by atoms with Gasteiger partial charge in [0.2, 0.25) is 0 Å². The van der Waals surface area contributed by atoms with Crippen molar-refractivity contribution in [2.75, 3.05) is 6.61 Å². The first-order valence-corrected chi connectivity index (χ1v) is 7.65. The van der Waals surface area contributed by atoms with Crippen LogP contribution in [0.15, 0.2) is 0 Å². The SMILES string of the molecule is [B][C@@H]1O[C@H](COPOC2C(C)[C@H]([B])O[C@@H]2C)CC1C. The topological polar surface area (TPSA) is 36.9 Å². The number of hydrogen-bond donors (Lipinski definition) is 0. The van der Waals surface area contributed by atoms with Crippen molar-refractivity contribution in [3.8, 4) is 0 Å². The van der Waals surface area contributed by atoms with Crippen molar-refractivity contribution < 1.29 is 18.5 Å². The van der Waals surface area contributed by atoms with Crippen molar-refractivity contribution in [2.24, 2.45) is 11.8 Å². The van der Waals surface area contributed by atoms with Crippen LogP contribution < -0.4 is 0 Å². The monoisotopic (exact) mass is 282 g/mol. The summed E-state index contributed by atoms with van der Waals surface area (Å²) in [5, 5.41) is 0. The van der Waals surface area contributed by atoms with Crippen molar-refractivity contribution in [1.29, 1.82) is 0 Å². The lowest BCUT2D eigenvalue weighted by Crippen LogP contribution is -2.25. The van der Waals surface area contributed by atoms with Gasteiger partial charge in [0.25, 0.3) is 0 Å². The first-order valence-electron chi connectivity index (χ1n) is 6.83. The Morgan fingerprint density at radius 2 is 1.89 bits per heavy atom. The van der Waals surface area contributed by atoms with E-state index in [1.54, 1.807) is 0 Å². The fourth-order valence-electron chi connectivity index (χ4n) is 2.55. The second kappa shape index (κ2) is 6.91. The molecule has 19 heavy (non-hydrogen) atoms. The number of hydrogen-bond acceptors (Lipinski definition) is 4. The van der Waals surface area contributed by atoms with Crippen molar-refractivity contribution >= 4 is 24.7 Å². The lowest BCUT2D eigenvalue weighted by atomic mass is 9.86. The summed E-state index contributed by atoms with van der Waals surface area (Å²) in [6.45, 7) is 6.62. The van der Waals surface area contributed by atoms with Crippen LogP contribution in [0.3, 0.4) is 0 Å². The predicted molar refractivity (Wildman–Crippen MR) is 76.6 cm³/mol. The summed E-state index contributed by atoms with van der Waals surface area (Å²) in [6, 6.07) is -0.416. The molecule has 4 unspecified atom stereocenters. The average Bonchev–Trinajstić information content (AvgIpc) is 2.78. The van der Waals surface area contributed by atoms with Crippen molar-refractivity contribution in [3.05, 3.63) is 0 Å². The molecule has 8 atom stereocenters. The Kier molecular flexibility index (Phi) is 5.74. The quantitative estimate of drug-likeness (QED) is 0.433. The van der Waals surface area contributed by atoms with Gasteiger partial charge in [0.1, 0.15) is 15.7 Å². The van der Waals surface area contributed by atoms with E-state index in [2.05, 4.69) is 6.92 Å². The third-order valence-electron chi connectivity index (χ3n) is 3.93. The van der Waals surface area contributed by atoms with E-state index in [9.17, 15) is 0 Å². The van der Waals surface area contributed by atoms with Gasteiger partial charge in [-0.2, -0.15) is 0 Å². The van der Waals surface area contributed by atoms with Crippen LogP contribution in [0.1, 0.15) is 27.2 Å². The van der Waals surface area contributed by atoms with Crippen molar-refractivity contribution in [1.82, 2.24) is 0 Å². The van der Waals surface area contributed by atoms with Crippen molar-refractivity contribution in [3.63, 3.8) is 0 Å². The van der Waals surface area contributed by atoms with Crippen LogP contribution >= 0.6 is 9.03 Å². The normalized spacial score (nSPS) is 47.4. The molecule has 104 valence electrons. The zero-order valence-electron chi connectivity index (χ0n) is 11.7. The van der Waals surface area contributed by atoms with E-state index in [0.717, 1.165) is 6.42 Å². The first-order chi connectivity index (χ1) is 8.99. The van der Waals surface area contributed by atoms with Gasteiger partial charge in [-0.1, -0.05) is 13.8 Å². The standard InChI is InChI=1S/C12H21B2O4P/c1-6-4-9(17-11(6)13)5-15-19-18-10-7(2)12(14)16-8(10)3/h6-12,19H,4-5H2,1-3H3/t6?,7?,8-,9+,10?,11-,12-/m1/s1. The zero-order chi connectivity index (χ0) is 14.0. The molecule has 2 rings (SSSR count). The van der Waals surface area contributed by atoms with Crippen LogP contribution in [-0.2, 0) is 18.5 Å². The second-order valence-corrected chi connectivity index (χ2v) is 6.27. The zero-order valence-corrected chi connectivity index (χ0v) is 12.7. The van der Waals surface area contributed by atoms with Gasteiger partial charge < -0.3 is 18.5 Å². The third-order valence-corrected chi connectivity index (χ3v) is 4.58. The summed E-state index contributed by atoms with van der Waals surface area (Å²) in [4.78, 5) is 0. The number of rotatable bonds is 5. The van der Waals surface area contributed by atoms with Crippen molar-refractivity contribution in [2.45, 2.75) is 57.5 Å². The molecule has 7 heteroatoms. The fraction of sp³-hybridized carbons (Fsp3) is 1.00. The maximum Gasteiger partial charge on any atom is 0.155 e. The summed E-state index contributed by atoms with van der Waals surface area (Å²) in [5.74, 6) is 0.571. The Morgan fingerprint density at radius 3 is 2.42 bits per heavy atom. The van der Waals surface area contributed by atoms with Gasteiger partial charge in [0.05, 0.1) is 24.9 Å². The molecule has 0 aromatic carbocycles. The van der Waals surface area contributed by atoms with Gasteiger partial charge in [-0.3, -0.25) is 0 Å². The molecule has 2 aliphatic heterocycles. The molecule has 0 saturated carbocycles. The van der Waals surface area contributed by atoms with E-state index in [-0.39, 0.29) is 45.3 Å². The summed E-state index contributed by atoms with van der Waals surface area (Å²) < 4.78 is 22.3. The van der Waals surface area contributed by atoms with E-state index < -0.39 is 0 Å². The Bertz CT molecular complexity index is 287. The predicted octanol–water partition coefficient (Wildman–Crippen LogP) is 1.37. The van der Waals surface area contributed by atoms with E-state index in [4.69, 9.17) is 34.2 Å². The molecule has 0 spiro atoms. The average molecular weight is 282 g/mol. The Labute approximate surface area is 120 Å². The van der Waals surface area contributed by atoms with Gasteiger partial charge in [-0.15, -0.1) is 0 Å². The smallest absolute Gasteiger partial charge is 0.155 e. The summed E-state index contributed by atoms with van der Waals surface area (Å²) in [5.41, 5.74) is 0. The van der Waals surface area contributed by atoms with Gasteiger partial charge >= 0.3 is 0 Å². The Balaban J connectivity index is 1.62. The van der Waals surface area contributed by atoms with E-state index in [0.29, 0.717) is 12.5 Å². The van der Waals surface area contributed by atoms with E-state index in [1.165, 1.54) is 0 Å². The highest BCUT2D eigenvalue weighted by atomic mass is 31.1. The van der Waals surface area contributed by atoms with Gasteiger partial charge in [-0.05, 0) is 19.3 Å². The highest BCUT2D eigenvalue weighted by Crippen LogP contribution is 2.33. The third kappa shape index (κ3) is 3.95. The van der Waals surface area contributed by atoms with Crippen LogP contribution in [0.2, 0.25) is 0 Å². The van der Waals surface area contributed by atoms with E-state index in [1.807, 2.05) is 13.8 Å². The lowest BCUT2D eigenvalue weighted by Gasteiger charge is -2.19. The molecule has 4 radical (unpaired) electrons. The van der Waals surface area contributed by atoms with Crippen LogP contribution in [0, 0.1) is 11.8 Å². The molecule has 0 amide bonds. The van der Waals surface area contributed by atoms with Crippen LogP contribution in [-0.4, -0.2) is 52.6 Å². The number of ether oxygens (including phenoxy) is 2. The lowest BCUT2D eigenvalue weighted by molar-refractivity contribution is 0.0371. The summed E-state index contributed by atoms with van der Waals surface area (Å²) in [7, 11) is 11.6. The molecule has 2 fully saturated rings. The van der Waals surface area contributed by atoms with Gasteiger partial charge in [-0.25, -0.2) is 0 Å². The minimum atomic E-state index is -0.248. The molecular formula is C12H21B2O4P. The summed E-state index contributed by atoms with van der Waals surface area (Å²) in [6.07, 6.45) is 1.03. The molecule has 0 aliphatic carbocycles. The largest absolute Gasteiger partial charge is 0.382 e. The minimum Gasteiger partial charge on any atom is -0.382 e. The molecule has 0 bridgehead atoms. The Morgan fingerprint density at radius 1 is 1.16 bits per heavy atom. The van der Waals surface area contributed by atoms with E-state index >= 15 is 0 Å². The molecule has 0 N–H and O–H groups in total. The second-order valence-electron chi connectivity index (χ2n) is 5.58. The highest BCUT2D eigenvalue weighted by molar-refractivity contribution is 7.26. The van der Waals surface area contributed by atoms with Gasteiger partial charge in [0.15, 0.2) is 9.03 Å². The highest BCUT2D eigenvalue weighted by Gasteiger charge is 2.37. The molecule has 2 aliphatic rings. The van der Waals surface area contributed by atoms with Crippen LogP contribution in [0.4, 0.5) is 0 Å². The molecule has 0 aromatic heterocycles. The molecule has 2 saturated heterocycles. The maximum absolute atomic E-state index is 5.82. The Hall–Kier alpha value is 0.400. The fourth-order valence-corrected chi connectivity index (χ4v) is 3.39. The maximum atomic E-state index is 5.82. The molecule has 4 nitrogen and oxygen atoms in total. The van der Waals surface area contributed by atoms with Crippen LogP contribution in [0.5, 0.6) is 0 Å². The first kappa shape index (κ1) is 15.8. The molecule has 0 aromatic rings. The minimum absolute atomic E-state index is 0.000916. The van der Waals surface area contributed by atoms with Gasteiger partial charge in [0, 0.05) is 17.9 Å². The van der Waals surface area contributed by atoms with Crippen LogP contribution in [0.25, 0.3) is 0 Å². The molecule has 2 heterocycles.